The average Bonchev–Trinajstić information content (AvgIpc) is 2.83. The molecule has 1 aliphatic heterocycles. The van der Waals surface area contributed by atoms with E-state index in [2.05, 4.69) is 10.6 Å². The Labute approximate surface area is 186 Å². The molecule has 32 heavy (non-hydrogen) atoms. The van der Waals surface area contributed by atoms with Crippen molar-refractivity contribution in [3.05, 3.63) is 48.5 Å². The number of rotatable bonds is 7. The van der Waals surface area contributed by atoms with Crippen LogP contribution in [0.15, 0.2) is 48.5 Å². The fourth-order valence-corrected chi connectivity index (χ4v) is 3.43. The summed E-state index contributed by atoms with van der Waals surface area (Å²) in [5, 5.41) is 5.47. The van der Waals surface area contributed by atoms with Crippen LogP contribution in [0.2, 0.25) is 0 Å². The standard InChI is InChI=1S/C23H27N3O6/c1-30-18-10-11-20(31-2)19(13-18)25-21(27)15-32-22(28)16-7-6-12-26(14-16)23(29)24-17-8-4-3-5-9-17/h3-5,8-11,13,16H,6-7,12,14-15H2,1-2H3,(H,24,29)(H,25,27). The Morgan fingerprint density at radius 3 is 2.53 bits per heavy atom. The Morgan fingerprint density at radius 2 is 1.81 bits per heavy atom. The minimum Gasteiger partial charge on any atom is -0.497 e. The van der Waals surface area contributed by atoms with Gasteiger partial charge in [0.1, 0.15) is 11.5 Å². The summed E-state index contributed by atoms with van der Waals surface area (Å²) in [5.41, 5.74) is 1.10. The first-order chi connectivity index (χ1) is 15.5. The number of piperidine rings is 1. The maximum atomic E-state index is 12.5. The molecule has 3 rings (SSSR count). The molecular formula is C23H27N3O6. The van der Waals surface area contributed by atoms with Crippen molar-refractivity contribution in [3.63, 3.8) is 0 Å². The minimum absolute atomic E-state index is 0.239. The van der Waals surface area contributed by atoms with Gasteiger partial charge in [0, 0.05) is 24.8 Å². The molecule has 0 aromatic heterocycles. The predicted molar refractivity (Wildman–Crippen MR) is 119 cm³/mol. The molecule has 1 atom stereocenters. The zero-order valence-electron chi connectivity index (χ0n) is 18.1. The summed E-state index contributed by atoms with van der Waals surface area (Å²) in [7, 11) is 3.00. The highest BCUT2D eigenvalue weighted by Gasteiger charge is 2.30. The molecule has 1 unspecified atom stereocenters. The molecule has 9 nitrogen and oxygen atoms in total. The number of carbonyl (C=O) groups excluding carboxylic acids is 3. The number of para-hydroxylation sites is 1. The highest BCUT2D eigenvalue weighted by molar-refractivity contribution is 5.94. The van der Waals surface area contributed by atoms with E-state index in [0.717, 1.165) is 0 Å². The van der Waals surface area contributed by atoms with Crippen molar-refractivity contribution in [2.24, 2.45) is 5.92 Å². The van der Waals surface area contributed by atoms with E-state index in [4.69, 9.17) is 14.2 Å². The third-order valence-corrected chi connectivity index (χ3v) is 5.09. The van der Waals surface area contributed by atoms with E-state index in [0.29, 0.717) is 42.3 Å². The van der Waals surface area contributed by atoms with Gasteiger partial charge in [-0.1, -0.05) is 18.2 Å². The lowest BCUT2D eigenvalue weighted by molar-refractivity contribution is -0.152. The Morgan fingerprint density at radius 1 is 1.03 bits per heavy atom. The number of carbonyl (C=O) groups is 3. The number of hydrogen-bond donors (Lipinski definition) is 2. The first kappa shape index (κ1) is 22.9. The molecule has 1 fully saturated rings. The van der Waals surface area contributed by atoms with Crippen LogP contribution in [0.3, 0.4) is 0 Å². The molecule has 0 radical (unpaired) electrons. The third-order valence-electron chi connectivity index (χ3n) is 5.09. The molecule has 1 saturated heterocycles. The smallest absolute Gasteiger partial charge is 0.321 e. The number of esters is 1. The number of nitrogens with zero attached hydrogens (tertiary/aromatic N) is 1. The van der Waals surface area contributed by atoms with Gasteiger partial charge in [0.25, 0.3) is 5.91 Å². The van der Waals surface area contributed by atoms with Crippen molar-refractivity contribution >= 4 is 29.3 Å². The Balaban J connectivity index is 1.50. The molecule has 0 aliphatic carbocycles. The summed E-state index contributed by atoms with van der Waals surface area (Å²) in [6.07, 6.45) is 1.27. The maximum absolute atomic E-state index is 12.5. The zero-order chi connectivity index (χ0) is 22.9. The van der Waals surface area contributed by atoms with Crippen molar-refractivity contribution < 1.29 is 28.6 Å². The normalized spacial score (nSPS) is 15.4. The fourth-order valence-electron chi connectivity index (χ4n) is 3.43. The van der Waals surface area contributed by atoms with Crippen molar-refractivity contribution in [3.8, 4) is 11.5 Å². The van der Waals surface area contributed by atoms with Gasteiger partial charge in [-0.05, 0) is 37.1 Å². The van der Waals surface area contributed by atoms with Crippen LogP contribution >= 0.6 is 0 Å². The van der Waals surface area contributed by atoms with Crippen LogP contribution < -0.4 is 20.1 Å². The number of anilines is 2. The number of ether oxygens (including phenoxy) is 3. The molecular weight excluding hydrogens is 414 g/mol. The Bertz CT molecular complexity index is 950. The van der Waals surface area contributed by atoms with Crippen molar-refractivity contribution in [1.82, 2.24) is 4.90 Å². The molecule has 1 aliphatic rings. The molecule has 0 saturated carbocycles. The maximum Gasteiger partial charge on any atom is 0.321 e. The lowest BCUT2D eigenvalue weighted by atomic mass is 9.98. The number of likely N-dealkylation sites (tertiary alicyclic amines) is 1. The van der Waals surface area contributed by atoms with Gasteiger partial charge in [-0.15, -0.1) is 0 Å². The van der Waals surface area contributed by atoms with Gasteiger partial charge in [-0.25, -0.2) is 4.79 Å². The topological polar surface area (TPSA) is 106 Å². The first-order valence-electron chi connectivity index (χ1n) is 10.3. The van der Waals surface area contributed by atoms with Gasteiger partial charge in [0.2, 0.25) is 0 Å². The quantitative estimate of drug-likeness (QED) is 0.640. The second-order valence-electron chi connectivity index (χ2n) is 7.30. The second-order valence-corrected chi connectivity index (χ2v) is 7.30. The molecule has 1 heterocycles. The van der Waals surface area contributed by atoms with E-state index in [9.17, 15) is 14.4 Å². The predicted octanol–water partition coefficient (Wildman–Crippen LogP) is 3.13. The van der Waals surface area contributed by atoms with Gasteiger partial charge in [0.15, 0.2) is 6.61 Å². The number of amides is 3. The number of methoxy groups -OCH3 is 2. The highest BCUT2D eigenvalue weighted by Crippen LogP contribution is 2.28. The van der Waals surface area contributed by atoms with Crippen LogP contribution in [0.1, 0.15) is 12.8 Å². The van der Waals surface area contributed by atoms with E-state index in [1.54, 1.807) is 35.2 Å². The van der Waals surface area contributed by atoms with Gasteiger partial charge >= 0.3 is 12.0 Å². The number of urea groups is 1. The second kappa shape index (κ2) is 11.0. The van der Waals surface area contributed by atoms with Crippen LogP contribution in [0, 0.1) is 5.92 Å². The highest BCUT2D eigenvalue weighted by atomic mass is 16.5. The summed E-state index contributed by atoms with van der Waals surface area (Å²) >= 11 is 0. The van der Waals surface area contributed by atoms with E-state index < -0.39 is 24.4 Å². The largest absolute Gasteiger partial charge is 0.497 e. The average molecular weight is 441 g/mol. The monoisotopic (exact) mass is 441 g/mol. The van der Waals surface area contributed by atoms with E-state index in [1.165, 1.54) is 14.2 Å². The molecule has 0 spiro atoms. The molecule has 3 amide bonds. The Kier molecular flexibility index (Phi) is 7.91. The molecule has 9 heteroatoms. The summed E-state index contributed by atoms with van der Waals surface area (Å²) in [6.45, 7) is 0.354. The lowest BCUT2D eigenvalue weighted by Crippen LogP contribution is -2.45. The van der Waals surface area contributed by atoms with Gasteiger partial charge in [-0.2, -0.15) is 0 Å². The lowest BCUT2D eigenvalue weighted by Gasteiger charge is -2.31. The summed E-state index contributed by atoms with van der Waals surface area (Å²) in [4.78, 5) is 38.9. The van der Waals surface area contributed by atoms with Crippen LogP contribution in [-0.2, 0) is 14.3 Å². The summed E-state index contributed by atoms with van der Waals surface area (Å²) < 4.78 is 15.6. The summed E-state index contributed by atoms with van der Waals surface area (Å²) in [6, 6.07) is 13.8. The van der Waals surface area contributed by atoms with E-state index >= 15 is 0 Å². The van der Waals surface area contributed by atoms with Gasteiger partial charge in [0.05, 0.1) is 25.8 Å². The van der Waals surface area contributed by atoms with Crippen molar-refractivity contribution in [2.45, 2.75) is 12.8 Å². The molecule has 2 aromatic rings. The number of hydrogen-bond acceptors (Lipinski definition) is 6. The SMILES string of the molecule is COc1ccc(OC)c(NC(=O)COC(=O)C2CCCN(C(=O)Nc3ccccc3)C2)c1. The van der Waals surface area contributed by atoms with Crippen LogP contribution in [0.25, 0.3) is 0 Å². The fraction of sp³-hybridized carbons (Fsp3) is 0.348. The van der Waals surface area contributed by atoms with Gasteiger partial charge < -0.3 is 29.7 Å². The molecule has 2 aromatic carbocycles. The first-order valence-corrected chi connectivity index (χ1v) is 10.3. The molecule has 2 N–H and O–H groups in total. The molecule has 170 valence electrons. The van der Waals surface area contributed by atoms with Crippen LogP contribution in [-0.4, -0.2) is 56.7 Å². The van der Waals surface area contributed by atoms with E-state index in [1.807, 2.05) is 18.2 Å². The van der Waals surface area contributed by atoms with Crippen molar-refractivity contribution in [2.75, 3.05) is 44.5 Å². The van der Waals surface area contributed by atoms with E-state index in [-0.39, 0.29) is 12.6 Å². The molecule has 0 bridgehead atoms. The van der Waals surface area contributed by atoms with Crippen LogP contribution in [0.4, 0.5) is 16.2 Å². The number of nitrogens with one attached hydrogen (secondary N) is 2. The third kappa shape index (κ3) is 6.13. The van der Waals surface area contributed by atoms with Crippen LogP contribution in [0.5, 0.6) is 11.5 Å². The van der Waals surface area contributed by atoms with Crippen molar-refractivity contribution in [1.29, 1.82) is 0 Å². The summed E-state index contributed by atoms with van der Waals surface area (Å²) in [5.74, 6) is -0.481. The van der Waals surface area contributed by atoms with Gasteiger partial charge in [-0.3, -0.25) is 9.59 Å². The Hall–Kier alpha value is -3.75. The zero-order valence-corrected chi connectivity index (χ0v) is 18.1. The minimum atomic E-state index is -0.505. The number of benzene rings is 2.